The van der Waals surface area contributed by atoms with E-state index < -0.39 is 12.4 Å². The molecule has 1 atom stereocenters. The van der Waals surface area contributed by atoms with Gasteiger partial charge in [-0.3, -0.25) is 0 Å². The SMILES string of the molecule is CCCC(C)Oc1ccc2ccccc2c1[B-](F)(F)F. The van der Waals surface area contributed by atoms with Gasteiger partial charge in [0, 0.05) is 0 Å². The third kappa shape index (κ3) is 3.08. The third-order valence-electron chi connectivity index (χ3n) is 3.28. The van der Waals surface area contributed by atoms with Crippen molar-refractivity contribution in [2.24, 2.45) is 0 Å². The molecule has 0 N–H and O–H groups in total. The summed E-state index contributed by atoms with van der Waals surface area (Å²) >= 11 is 0. The van der Waals surface area contributed by atoms with Gasteiger partial charge in [-0.2, -0.15) is 0 Å². The Morgan fingerprint density at radius 1 is 1.10 bits per heavy atom. The Hall–Kier alpha value is -1.65. The molecule has 0 saturated heterocycles. The van der Waals surface area contributed by atoms with Gasteiger partial charge >= 0.3 is 6.98 Å². The highest BCUT2D eigenvalue weighted by molar-refractivity contribution is 6.76. The number of fused-ring (bicyclic) bond motifs is 1. The Bertz CT molecular complexity index is 595. The van der Waals surface area contributed by atoms with Crippen LogP contribution in [0, 0.1) is 0 Å². The predicted molar refractivity (Wildman–Crippen MR) is 77.7 cm³/mol. The first-order valence-corrected chi connectivity index (χ1v) is 6.81. The first-order valence-electron chi connectivity index (χ1n) is 6.81. The zero-order valence-electron chi connectivity index (χ0n) is 11.6. The van der Waals surface area contributed by atoms with Crippen LogP contribution < -0.4 is 10.2 Å². The number of hydrogen-bond donors (Lipinski definition) is 0. The van der Waals surface area contributed by atoms with Gasteiger partial charge < -0.3 is 17.7 Å². The number of benzene rings is 2. The summed E-state index contributed by atoms with van der Waals surface area (Å²) in [7, 11) is 0. The van der Waals surface area contributed by atoms with Crippen LogP contribution in [0.25, 0.3) is 10.8 Å². The third-order valence-corrected chi connectivity index (χ3v) is 3.28. The molecule has 0 aliphatic heterocycles. The largest absolute Gasteiger partial charge is 0.513 e. The molecule has 2 aromatic carbocycles. The van der Waals surface area contributed by atoms with Crippen molar-refractivity contribution in [1.29, 1.82) is 0 Å². The molecule has 0 saturated carbocycles. The zero-order valence-corrected chi connectivity index (χ0v) is 11.6. The van der Waals surface area contributed by atoms with Crippen molar-refractivity contribution in [2.75, 3.05) is 0 Å². The van der Waals surface area contributed by atoms with E-state index in [0.717, 1.165) is 12.8 Å². The average molecular weight is 281 g/mol. The molecule has 0 bridgehead atoms. The van der Waals surface area contributed by atoms with Gasteiger partial charge in [0.25, 0.3) is 0 Å². The molecule has 0 aliphatic rings. The molecule has 20 heavy (non-hydrogen) atoms. The van der Waals surface area contributed by atoms with Gasteiger partial charge in [-0.25, -0.2) is 0 Å². The van der Waals surface area contributed by atoms with Crippen molar-refractivity contribution in [3.63, 3.8) is 0 Å². The quantitative estimate of drug-likeness (QED) is 0.735. The first kappa shape index (κ1) is 14.8. The molecular weight excluding hydrogens is 264 g/mol. The predicted octanol–water partition coefficient (Wildman–Crippen LogP) is 4.46. The fourth-order valence-corrected chi connectivity index (χ4v) is 2.40. The zero-order chi connectivity index (χ0) is 14.8. The topological polar surface area (TPSA) is 9.23 Å². The van der Waals surface area contributed by atoms with Crippen LogP contribution in [0.3, 0.4) is 0 Å². The normalized spacial score (nSPS) is 13.4. The molecule has 1 unspecified atom stereocenters. The van der Waals surface area contributed by atoms with E-state index in [9.17, 15) is 12.9 Å². The van der Waals surface area contributed by atoms with Crippen LogP contribution in [0.2, 0.25) is 0 Å². The summed E-state index contributed by atoms with van der Waals surface area (Å²) in [5.74, 6) is -0.0582. The van der Waals surface area contributed by atoms with Crippen LogP contribution in [-0.2, 0) is 0 Å². The van der Waals surface area contributed by atoms with Crippen LogP contribution >= 0.6 is 0 Å². The van der Waals surface area contributed by atoms with Gasteiger partial charge in [-0.1, -0.05) is 49.1 Å². The van der Waals surface area contributed by atoms with Gasteiger partial charge in [0.1, 0.15) is 0 Å². The van der Waals surface area contributed by atoms with Crippen LogP contribution in [0.5, 0.6) is 5.75 Å². The lowest BCUT2D eigenvalue weighted by molar-refractivity contribution is 0.211. The number of ether oxygens (including phenoxy) is 1. The van der Waals surface area contributed by atoms with Crippen molar-refractivity contribution in [1.82, 2.24) is 0 Å². The minimum Gasteiger partial charge on any atom is -0.494 e. The summed E-state index contributed by atoms with van der Waals surface area (Å²) in [4.78, 5) is 0. The second-order valence-electron chi connectivity index (χ2n) is 4.99. The number of rotatable bonds is 5. The minimum atomic E-state index is -5.12. The maximum Gasteiger partial charge on any atom is 0.513 e. The van der Waals surface area contributed by atoms with Crippen LogP contribution in [-0.4, -0.2) is 13.1 Å². The smallest absolute Gasteiger partial charge is 0.494 e. The Kier molecular flexibility index (Phi) is 4.26. The van der Waals surface area contributed by atoms with Crippen molar-refractivity contribution < 1.29 is 17.7 Å². The van der Waals surface area contributed by atoms with E-state index >= 15 is 0 Å². The highest BCUT2D eigenvalue weighted by Gasteiger charge is 2.31. The summed E-state index contributed by atoms with van der Waals surface area (Å²) in [6.07, 6.45) is 1.39. The maximum absolute atomic E-state index is 13.4. The molecular formula is C15H17BF3O-. The molecule has 0 spiro atoms. The number of halogens is 3. The molecule has 5 heteroatoms. The summed E-state index contributed by atoms with van der Waals surface area (Å²) in [6.45, 7) is -1.34. The Morgan fingerprint density at radius 2 is 1.80 bits per heavy atom. The van der Waals surface area contributed by atoms with E-state index in [1.165, 1.54) is 12.1 Å². The van der Waals surface area contributed by atoms with Crippen molar-refractivity contribution in [3.8, 4) is 5.75 Å². The van der Waals surface area contributed by atoms with Crippen molar-refractivity contribution in [2.45, 2.75) is 32.8 Å². The standard InChI is InChI=1S/C15H17BF3O/c1-3-6-11(2)20-14-10-9-12-7-4-5-8-13(12)15(14)16(17,18)19/h4-5,7-11H,3,6H2,1-2H3/q-1. The van der Waals surface area contributed by atoms with Crippen LogP contribution in [0.4, 0.5) is 12.9 Å². The molecule has 1 nitrogen and oxygen atoms in total. The lowest BCUT2D eigenvalue weighted by atomic mass is 9.76. The Labute approximate surface area is 116 Å². The van der Waals surface area contributed by atoms with E-state index in [4.69, 9.17) is 4.74 Å². The van der Waals surface area contributed by atoms with Gasteiger partial charge in [-0.15, -0.1) is 0 Å². The van der Waals surface area contributed by atoms with Crippen LogP contribution in [0.1, 0.15) is 26.7 Å². The van der Waals surface area contributed by atoms with Gasteiger partial charge in [0.05, 0.1) is 11.9 Å². The summed E-state index contributed by atoms with van der Waals surface area (Å²) in [5, 5.41) is 0.790. The van der Waals surface area contributed by atoms with Crippen LogP contribution in [0.15, 0.2) is 36.4 Å². The fraction of sp³-hybridized carbons (Fsp3) is 0.333. The molecule has 0 radical (unpaired) electrons. The van der Waals surface area contributed by atoms with Crippen molar-refractivity contribution in [3.05, 3.63) is 36.4 Å². The summed E-state index contributed by atoms with van der Waals surface area (Å²) in [6, 6.07) is 9.63. The second-order valence-corrected chi connectivity index (χ2v) is 4.99. The molecule has 0 amide bonds. The van der Waals surface area contributed by atoms with E-state index in [-0.39, 0.29) is 17.2 Å². The average Bonchev–Trinajstić information content (AvgIpc) is 2.37. The Balaban J connectivity index is 2.54. The number of hydrogen-bond acceptors (Lipinski definition) is 1. The molecule has 0 aliphatic carbocycles. The summed E-state index contributed by atoms with van der Waals surface area (Å²) in [5.41, 5.74) is -0.619. The molecule has 108 valence electrons. The van der Waals surface area contributed by atoms with E-state index in [2.05, 4.69) is 0 Å². The fourth-order valence-electron chi connectivity index (χ4n) is 2.40. The molecule has 0 aromatic heterocycles. The molecule has 0 fully saturated rings. The Morgan fingerprint density at radius 3 is 2.45 bits per heavy atom. The molecule has 2 rings (SSSR count). The molecule has 0 heterocycles. The first-order chi connectivity index (χ1) is 9.43. The van der Waals surface area contributed by atoms with Gasteiger partial charge in [-0.05, 0) is 30.2 Å². The monoisotopic (exact) mass is 281 g/mol. The highest BCUT2D eigenvalue weighted by atomic mass is 19.4. The van der Waals surface area contributed by atoms with E-state index in [0.29, 0.717) is 5.39 Å². The summed E-state index contributed by atoms with van der Waals surface area (Å²) < 4.78 is 45.7. The second kappa shape index (κ2) is 5.77. The molecule has 2 aromatic rings. The van der Waals surface area contributed by atoms with E-state index in [1.807, 2.05) is 6.92 Å². The van der Waals surface area contributed by atoms with Crippen molar-refractivity contribution >= 4 is 23.2 Å². The minimum absolute atomic E-state index is 0.0582. The lowest BCUT2D eigenvalue weighted by Crippen LogP contribution is -2.37. The maximum atomic E-state index is 13.4. The van der Waals surface area contributed by atoms with Gasteiger partial charge in [0.2, 0.25) is 0 Å². The van der Waals surface area contributed by atoms with E-state index in [1.54, 1.807) is 31.2 Å². The van der Waals surface area contributed by atoms with Gasteiger partial charge in [0.15, 0.2) is 0 Å². The highest BCUT2D eigenvalue weighted by Crippen LogP contribution is 2.26. The lowest BCUT2D eigenvalue weighted by Gasteiger charge is -2.24.